The van der Waals surface area contributed by atoms with E-state index in [1.807, 2.05) is 32.0 Å². The van der Waals surface area contributed by atoms with E-state index in [0.29, 0.717) is 5.56 Å². The maximum atomic E-state index is 11.9. The molecule has 1 aromatic rings. The Hall–Kier alpha value is -1.15. The predicted octanol–water partition coefficient (Wildman–Crippen LogP) is 2.52. The number of Topliss-reactive ketones (excluding diaryl/α,β-unsaturated/α-hetero) is 1. The standard InChI is InChI=1S/C13H18O2/c1-9(2)12(14)10(3)13(15)11-7-5-4-6-8-11/h4-10,12,14H,1-3H3/t10-,12-/m0/s1. The summed E-state index contributed by atoms with van der Waals surface area (Å²) in [6, 6.07) is 9.11. The van der Waals surface area contributed by atoms with Crippen molar-refractivity contribution in [2.45, 2.75) is 26.9 Å². The van der Waals surface area contributed by atoms with Crippen molar-refractivity contribution in [2.75, 3.05) is 0 Å². The van der Waals surface area contributed by atoms with Crippen LogP contribution in [0, 0.1) is 11.8 Å². The summed E-state index contributed by atoms with van der Waals surface area (Å²) in [5.74, 6) is -0.225. The number of hydrogen-bond acceptors (Lipinski definition) is 2. The average Bonchev–Trinajstić information content (AvgIpc) is 2.27. The normalized spacial score (nSPS) is 15.0. The minimum absolute atomic E-state index is 0.0109. The van der Waals surface area contributed by atoms with Crippen molar-refractivity contribution in [1.29, 1.82) is 0 Å². The smallest absolute Gasteiger partial charge is 0.168 e. The first-order chi connectivity index (χ1) is 7.04. The lowest BCUT2D eigenvalue weighted by molar-refractivity contribution is 0.0552. The quantitative estimate of drug-likeness (QED) is 0.769. The molecule has 0 amide bonds. The van der Waals surface area contributed by atoms with Gasteiger partial charge >= 0.3 is 0 Å². The van der Waals surface area contributed by atoms with Gasteiger partial charge in [0.05, 0.1) is 6.10 Å². The van der Waals surface area contributed by atoms with Crippen LogP contribution < -0.4 is 0 Å². The van der Waals surface area contributed by atoms with Gasteiger partial charge in [0.2, 0.25) is 0 Å². The summed E-state index contributed by atoms with van der Waals surface area (Å²) < 4.78 is 0. The fraction of sp³-hybridized carbons (Fsp3) is 0.462. The summed E-state index contributed by atoms with van der Waals surface area (Å²) in [5, 5.41) is 9.81. The van der Waals surface area contributed by atoms with Crippen molar-refractivity contribution < 1.29 is 9.90 Å². The first kappa shape index (κ1) is 11.9. The van der Waals surface area contributed by atoms with Gasteiger partial charge < -0.3 is 5.11 Å². The minimum Gasteiger partial charge on any atom is -0.392 e. The number of aliphatic hydroxyl groups excluding tert-OH is 1. The molecule has 2 atom stereocenters. The average molecular weight is 206 g/mol. The van der Waals surface area contributed by atoms with Crippen molar-refractivity contribution in [2.24, 2.45) is 11.8 Å². The molecule has 0 saturated heterocycles. The van der Waals surface area contributed by atoms with Gasteiger partial charge in [-0.1, -0.05) is 51.1 Å². The van der Waals surface area contributed by atoms with Gasteiger partial charge in [-0.05, 0) is 5.92 Å². The predicted molar refractivity (Wildman–Crippen MR) is 60.8 cm³/mol. The molecular weight excluding hydrogens is 188 g/mol. The highest BCUT2D eigenvalue weighted by molar-refractivity contribution is 5.97. The summed E-state index contributed by atoms with van der Waals surface area (Å²) in [4.78, 5) is 11.9. The van der Waals surface area contributed by atoms with E-state index in [2.05, 4.69) is 0 Å². The molecule has 2 nitrogen and oxygen atoms in total. The number of rotatable bonds is 4. The second-order valence-corrected chi connectivity index (χ2v) is 4.25. The van der Waals surface area contributed by atoms with Crippen molar-refractivity contribution in [3.8, 4) is 0 Å². The van der Waals surface area contributed by atoms with Gasteiger partial charge in [0.25, 0.3) is 0 Å². The highest BCUT2D eigenvalue weighted by Crippen LogP contribution is 2.17. The van der Waals surface area contributed by atoms with Crippen LogP contribution in [0.1, 0.15) is 31.1 Å². The van der Waals surface area contributed by atoms with Crippen molar-refractivity contribution in [3.63, 3.8) is 0 Å². The Labute approximate surface area is 90.9 Å². The first-order valence-electron chi connectivity index (χ1n) is 5.31. The number of aliphatic hydroxyl groups is 1. The van der Waals surface area contributed by atoms with Crippen LogP contribution in [-0.2, 0) is 0 Å². The van der Waals surface area contributed by atoms with Gasteiger partial charge in [-0.2, -0.15) is 0 Å². The lowest BCUT2D eigenvalue weighted by Gasteiger charge is -2.20. The van der Waals surface area contributed by atoms with E-state index < -0.39 is 6.10 Å². The lowest BCUT2D eigenvalue weighted by Crippen LogP contribution is -2.30. The molecule has 1 rings (SSSR count). The number of hydrogen-bond donors (Lipinski definition) is 1. The lowest BCUT2D eigenvalue weighted by atomic mass is 9.88. The fourth-order valence-electron chi connectivity index (χ4n) is 1.60. The molecular formula is C13H18O2. The molecule has 0 unspecified atom stereocenters. The second kappa shape index (κ2) is 5.08. The molecule has 0 bridgehead atoms. The Morgan fingerprint density at radius 3 is 2.13 bits per heavy atom. The van der Waals surface area contributed by atoms with Gasteiger partial charge in [-0.15, -0.1) is 0 Å². The van der Waals surface area contributed by atoms with Gasteiger partial charge in [0.15, 0.2) is 5.78 Å². The van der Waals surface area contributed by atoms with Crippen LogP contribution in [0.4, 0.5) is 0 Å². The van der Waals surface area contributed by atoms with Crippen LogP contribution in [0.15, 0.2) is 30.3 Å². The third-order valence-electron chi connectivity index (χ3n) is 2.67. The van der Waals surface area contributed by atoms with E-state index in [1.54, 1.807) is 19.1 Å². The molecule has 0 heterocycles. The fourth-order valence-corrected chi connectivity index (χ4v) is 1.60. The Morgan fingerprint density at radius 1 is 1.13 bits per heavy atom. The highest BCUT2D eigenvalue weighted by atomic mass is 16.3. The maximum absolute atomic E-state index is 11.9. The summed E-state index contributed by atoms with van der Waals surface area (Å²) >= 11 is 0. The van der Waals surface area contributed by atoms with Gasteiger partial charge in [0, 0.05) is 11.5 Å². The van der Waals surface area contributed by atoms with Crippen molar-refractivity contribution >= 4 is 5.78 Å². The Kier molecular flexibility index (Phi) is 4.04. The molecule has 0 aliphatic heterocycles. The Morgan fingerprint density at radius 2 is 1.67 bits per heavy atom. The molecule has 0 saturated carbocycles. The van der Waals surface area contributed by atoms with E-state index in [0.717, 1.165) is 0 Å². The number of benzene rings is 1. The van der Waals surface area contributed by atoms with Crippen LogP contribution in [0.2, 0.25) is 0 Å². The minimum atomic E-state index is -0.572. The number of carbonyl (C=O) groups excluding carboxylic acids is 1. The monoisotopic (exact) mass is 206 g/mol. The van der Waals surface area contributed by atoms with Crippen LogP contribution in [0.3, 0.4) is 0 Å². The van der Waals surface area contributed by atoms with E-state index in [4.69, 9.17) is 0 Å². The van der Waals surface area contributed by atoms with Crippen LogP contribution >= 0.6 is 0 Å². The van der Waals surface area contributed by atoms with E-state index in [9.17, 15) is 9.90 Å². The third kappa shape index (κ3) is 2.90. The zero-order valence-electron chi connectivity index (χ0n) is 9.47. The Balaban J connectivity index is 2.78. The van der Waals surface area contributed by atoms with E-state index >= 15 is 0 Å². The van der Waals surface area contributed by atoms with Crippen LogP contribution in [-0.4, -0.2) is 17.0 Å². The molecule has 0 aliphatic carbocycles. The largest absolute Gasteiger partial charge is 0.392 e. The summed E-state index contributed by atoms with van der Waals surface area (Å²) in [6.45, 7) is 5.61. The topological polar surface area (TPSA) is 37.3 Å². The molecule has 0 spiro atoms. The molecule has 2 heteroatoms. The maximum Gasteiger partial charge on any atom is 0.168 e. The number of carbonyl (C=O) groups is 1. The first-order valence-corrected chi connectivity index (χ1v) is 5.31. The molecule has 0 fully saturated rings. The SMILES string of the molecule is CC(C)[C@H](O)[C@H](C)C(=O)c1ccccc1. The zero-order chi connectivity index (χ0) is 11.4. The van der Waals surface area contributed by atoms with E-state index in [-0.39, 0.29) is 17.6 Å². The summed E-state index contributed by atoms with van der Waals surface area (Å²) in [6.07, 6.45) is -0.572. The van der Waals surface area contributed by atoms with Gasteiger partial charge in [-0.3, -0.25) is 4.79 Å². The van der Waals surface area contributed by atoms with Gasteiger partial charge in [0.1, 0.15) is 0 Å². The molecule has 0 aromatic heterocycles. The molecule has 1 N–H and O–H groups in total. The van der Waals surface area contributed by atoms with Crippen LogP contribution in [0.25, 0.3) is 0 Å². The zero-order valence-corrected chi connectivity index (χ0v) is 9.47. The van der Waals surface area contributed by atoms with Gasteiger partial charge in [-0.25, -0.2) is 0 Å². The molecule has 0 aliphatic rings. The third-order valence-corrected chi connectivity index (χ3v) is 2.67. The van der Waals surface area contributed by atoms with Crippen LogP contribution in [0.5, 0.6) is 0 Å². The summed E-state index contributed by atoms with van der Waals surface area (Å²) in [5.41, 5.74) is 0.671. The molecule has 82 valence electrons. The highest BCUT2D eigenvalue weighted by Gasteiger charge is 2.25. The number of ketones is 1. The Bertz CT molecular complexity index is 317. The van der Waals surface area contributed by atoms with Crippen molar-refractivity contribution in [3.05, 3.63) is 35.9 Å². The van der Waals surface area contributed by atoms with E-state index in [1.165, 1.54) is 0 Å². The molecule has 0 radical (unpaired) electrons. The second-order valence-electron chi connectivity index (χ2n) is 4.25. The summed E-state index contributed by atoms with van der Waals surface area (Å²) in [7, 11) is 0. The van der Waals surface area contributed by atoms with Crippen molar-refractivity contribution in [1.82, 2.24) is 0 Å². The molecule has 1 aromatic carbocycles. The molecule has 15 heavy (non-hydrogen) atoms.